The number of nitrogens with zero attached hydrogens (tertiary/aromatic N) is 2. The van der Waals surface area contributed by atoms with Crippen LogP contribution in [0, 0.1) is 6.92 Å². The Morgan fingerprint density at radius 3 is 2.22 bits per heavy atom. The quantitative estimate of drug-likeness (QED) is 0.639. The molecule has 0 saturated heterocycles. The Hall–Kier alpha value is -3.09. The molecule has 1 aromatic heterocycles. The molecule has 0 aliphatic heterocycles. The van der Waals surface area contributed by atoms with E-state index in [0.29, 0.717) is 5.82 Å². The number of rotatable bonds is 5. The molecule has 1 atom stereocenters. The standard InChI is InChI=1S/C20H18F3N3O/c1-13-11-12-24-19(25-13)16-3-7-17(8-4-16)26-14(2)15-5-9-18(10-6-15)27-20(21,22)23/h3-12,14,26H,1-2H3. The van der Waals surface area contributed by atoms with Crippen LogP contribution in [0.2, 0.25) is 0 Å². The van der Waals surface area contributed by atoms with Crippen LogP contribution in [-0.4, -0.2) is 16.3 Å². The lowest BCUT2D eigenvalue weighted by atomic mass is 10.1. The summed E-state index contributed by atoms with van der Waals surface area (Å²) >= 11 is 0. The maximum Gasteiger partial charge on any atom is 0.573 e. The van der Waals surface area contributed by atoms with Gasteiger partial charge < -0.3 is 10.1 Å². The van der Waals surface area contributed by atoms with Crippen LogP contribution in [0.3, 0.4) is 0 Å². The van der Waals surface area contributed by atoms with E-state index in [-0.39, 0.29) is 11.8 Å². The molecule has 0 aliphatic carbocycles. The van der Waals surface area contributed by atoms with Crippen LogP contribution >= 0.6 is 0 Å². The molecule has 0 bridgehead atoms. The topological polar surface area (TPSA) is 47.0 Å². The third-order valence-corrected chi connectivity index (χ3v) is 3.93. The number of hydrogen-bond acceptors (Lipinski definition) is 4. The van der Waals surface area contributed by atoms with E-state index in [1.165, 1.54) is 12.1 Å². The van der Waals surface area contributed by atoms with Crippen molar-refractivity contribution in [3.63, 3.8) is 0 Å². The van der Waals surface area contributed by atoms with Gasteiger partial charge in [-0.2, -0.15) is 0 Å². The first-order chi connectivity index (χ1) is 12.8. The number of aryl methyl sites for hydroxylation is 1. The van der Waals surface area contributed by atoms with E-state index in [4.69, 9.17) is 0 Å². The van der Waals surface area contributed by atoms with Crippen molar-refractivity contribution < 1.29 is 17.9 Å². The Morgan fingerprint density at radius 2 is 1.63 bits per heavy atom. The van der Waals surface area contributed by atoms with Gasteiger partial charge in [0.05, 0.1) is 0 Å². The molecule has 1 N–H and O–H groups in total. The van der Waals surface area contributed by atoms with E-state index in [9.17, 15) is 13.2 Å². The molecule has 3 aromatic rings. The molecule has 0 fully saturated rings. The fourth-order valence-corrected chi connectivity index (χ4v) is 2.60. The van der Waals surface area contributed by atoms with Crippen LogP contribution in [0.4, 0.5) is 18.9 Å². The van der Waals surface area contributed by atoms with Gasteiger partial charge in [-0.15, -0.1) is 13.2 Å². The molecular formula is C20H18F3N3O. The van der Waals surface area contributed by atoms with Gasteiger partial charge in [0.1, 0.15) is 5.75 Å². The first kappa shape index (κ1) is 18.7. The van der Waals surface area contributed by atoms with Crippen molar-refractivity contribution in [3.05, 3.63) is 72.1 Å². The van der Waals surface area contributed by atoms with Crippen LogP contribution in [0.15, 0.2) is 60.8 Å². The first-order valence-corrected chi connectivity index (χ1v) is 8.32. The average Bonchev–Trinajstić information content (AvgIpc) is 2.61. The Morgan fingerprint density at radius 1 is 0.963 bits per heavy atom. The highest BCUT2D eigenvalue weighted by atomic mass is 19.4. The van der Waals surface area contributed by atoms with Crippen LogP contribution in [-0.2, 0) is 0 Å². The zero-order chi connectivity index (χ0) is 19.4. The smallest absolute Gasteiger partial charge is 0.406 e. The molecule has 140 valence electrons. The Kier molecular flexibility index (Phi) is 5.30. The Bertz CT molecular complexity index is 894. The Labute approximate surface area is 155 Å². The molecule has 1 unspecified atom stereocenters. The van der Waals surface area contributed by atoms with Gasteiger partial charge in [-0.25, -0.2) is 9.97 Å². The zero-order valence-corrected chi connectivity index (χ0v) is 14.8. The van der Waals surface area contributed by atoms with Crippen LogP contribution < -0.4 is 10.1 Å². The average molecular weight is 373 g/mol. The summed E-state index contributed by atoms with van der Waals surface area (Å²) in [7, 11) is 0. The maximum absolute atomic E-state index is 12.2. The minimum absolute atomic E-state index is 0.0917. The van der Waals surface area contributed by atoms with Gasteiger partial charge in [-0.3, -0.25) is 0 Å². The number of anilines is 1. The minimum Gasteiger partial charge on any atom is -0.406 e. The monoisotopic (exact) mass is 373 g/mol. The van der Waals surface area contributed by atoms with Gasteiger partial charge in [0.15, 0.2) is 5.82 Å². The summed E-state index contributed by atoms with van der Waals surface area (Å²) in [5.74, 6) is 0.427. The molecule has 0 radical (unpaired) electrons. The lowest BCUT2D eigenvalue weighted by Gasteiger charge is -2.17. The molecular weight excluding hydrogens is 355 g/mol. The van der Waals surface area contributed by atoms with E-state index in [0.717, 1.165) is 22.5 Å². The van der Waals surface area contributed by atoms with E-state index in [2.05, 4.69) is 20.0 Å². The lowest BCUT2D eigenvalue weighted by Crippen LogP contribution is -2.17. The molecule has 1 heterocycles. The molecule has 0 aliphatic rings. The second-order valence-corrected chi connectivity index (χ2v) is 6.08. The predicted octanol–water partition coefficient (Wildman–Crippen LogP) is 5.52. The summed E-state index contributed by atoms with van der Waals surface area (Å²) in [6.07, 6.45) is -2.97. The first-order valence-electron chi connectivity index (χ1n) is 8.32. The van der Waals surface area contributed by atoms with Crippen molar-refractivity contribution in [3.8, 4) is 17.1 Å². The highest BCUT2D eigenvalue weighted by Gasteiger charge is 2.31. The number of ether oxygens (including phenoxy) is 1. The van der Waals surface area contributed by atoms with E-state index in [1.54, 1.807) is 18.3 Å². The molecule has 0 spiro atoms. The number of hydrogen-bond donors (Lipinski definition) is 1. The molecule has 3 rings (SSSR count). The fourth-order valence-electron chi connectivity index (χ4n) is 2.60. The second-order valence-electron chi connectivity index (χ2n) is 6.08. The number of alkyl halides is 3. The minimum atomic E-state index is -4.69. The summed E-state index contributed by atoms with van der Waals surface area (Å²) in [4.78, 5) is 8.65. The summed E-state index contributed by atoms with van der Waals surface area (Å²) in [5.41, 5.74) is 3.53. The van der Waals surface area contributed by atoms with Gasteiger partial charge >= 0.3 is 6.36 Å². The van der Waals surface area contributed by atoms with Gasteiger partial charge in [0, 0.05) is 29.2 Å². The summed E-state index contributed by atoms with van der Waals surface area (Å²) in [6.45, 7) is 3.84. The number of benzene rings is 2. The van der Waals surface area contributed by atoms with Crippen molar-refractivity contribution in [2.45, 2.75) is 26.3 Å². The van der Waals surface area contributed by atoms with Crippen molar-refractivity contribution >= 4 is 5.69 Å². The third-order valence-electron chi connectivity index (χ3n) is 3.93. The maximum atomic E-state index is 12.2. The van der Waals surface area contributed by atoms with Gasteiger partial charge in [0.25, 0.3) is 0 Å². The normalized spacial score (nSPS) is 12.5. The van der Waals surface area contributed by atoms with Gasteiger partial charge in [-0.05, 0) is 61.9 Å². The van der Waals surface area contributed by atoms with E-state index in [1.807, 2.05) is 44.2 Å². The summed E-state index contributed by atoms with van der Waals surface area (Å²) in [6, 6.07) is 15.2. The highest BCUT2D eigenvalue weighted by Crippen LogP contribution is 2.26. The number of halogens is 3. The SMILES string of the molecule is Cc1ccnc(-c2ccc(NC(C)c3ccc(OC(F)(F)F)cc3)cc2)n1. The largest absolute Gasteiger partial charge is 0.573 e. The molecule has 0 amide bonds. The van der Waals surface area contributed by atoms with Gasteiger partial charge in [0.2, 0.25) is 0 Å². The third kappa shape index (κ3) is 5.20. The predicted molar refractivity (Wildman–Crippen MR) is 97.4 cm³/mol. The zero-order valence-electron chi connectivity index (χ0n) is 14.8. The highest BCUT2D eigenvalue weighted by molar-refractivity contribution is 5.60. The molecule has 7 heteroatoms. The van der Waals surface area contributed by atoms with Crippen molar-refractivity contribution in [2.24, 2.45) is 0 Å². The van der Waals surface area contributed by atoms with Crippen LogP contribution in [0.25, 0.3) is 11.4 Å². The summed E-state index contributed by atoms with van der Waals surface area (Å²) < 4.78 is 40.6. The van der Waals surface area contributed by atoms with E-state index >= 15 is 0 Å². The molecule has 0 saturated carbocycles. The lowest BCUT2D eigenvalue weighted by molar-refractivity contribution is -0.274. The van der Waals surface area contributed by atoms with Crippen molar-refractivity contribution in [1.29, 1.82) is 0 Å². The van der Waals surface area contributed by atoms with Crippen LogP contribution in [0.5, 0.6) is 5.75 Å². The van der Waals surface area contributed by atoms with Crippen LogP contribution in [0.1, 0.15) is 24.2 Å². The number of nitrogens with one attached hydrogen (secondary N) is 1. The van der Waals surface area contributed by atoms with Gasteiger partial charge in [-0.1, -0.05) is 12.1 Å². The van der Waals surface area contributed by atoms with Crippen molar-refractivity contribution in [1.82, 2.24) is 9.97 Å². The number of aromatic nitrogens is 2. The van der Waals surface area contributed by atoms with E-state index < -0.39 is 6.36 Å². The van der Waals surface area contributed by atoms with Crippen molar-refractivity contribution in [2.75, 3.05) is 5.32 Å². The molecule has 2 aromatic carbocycles. The molecule has 4 nitrogen and oxygen atoms in total. The summed E-state index contributed by atoms with van der Waals surface area (Å²) in [5, 5.41) is 3.31. The molecule has 27 heavy (non-hydrogen) atoms. The second kappa shape index (κ2) is 7.65. The fraction of sp³-hybridized carbons (Fsp3) is 0.200. The Balaban J connectivity index is 1.66.